The van der Waals surface area contributed by atoms with Crippen molar-refractivity contribution >= 4 is 52.3 Å². The third-order valence-corrected chi connectivity index (χ3v) is 9.64. The van der Waals surface area contributed by atoms with Crippen LogP contribution >= 0.6 is 22.9 Å². The lowest BCUT2D eigenvalue weighted by Crippen LogP contribution is -2.40. The molecule has 0 bridgehead atoms. The molecule has 2 aromatic heterocycles. The van der Waals surface area contributed by atoms with Gasteiger partial charge in [0, 0.05) is 34.0 Å². The van der Waals surface area contributed by atoms with Crippen LogP contribution in [0.1, 0.15) is 97.0 Å². The summed E-state index contributed by atoms with van der Waals surface area (Å²) in [7, 11) is 0. The maximum Gasteiger partial charge on any atom is 0.249 e. The average Bonchev–Trinajstić information content (AvgIpc) is 3.60. The van der Waals surface area contributed by atoms with E-state index in [-0.39, 0.29) is 30.6 Å². The molecule has 0 radical (unpaired) electrons. The molecule has 4 amide bonds. The van der Waals surface area contributed by atoms with Crippen LogP contribution < -0.4 is 16.0 Å². The van der Waals surface area contributed by atoms with Crippen LogP contribution in [0.3, 0.4) is 0 Å². The molecule has 0 aliphatic carbocycles. The van der Waals surface area contributed by atoms with E-state index >= 15 is 0 Å². The molecule has 3 N–H and O–H groups in total. The second-order valence-corrected chi connectivity index (χ2v) is 13.2. The molecule has 45 heavy (non-hydrogen) atoms. The first-order valence-corrected chi connectivity index (χ1v) is 16.6. The number of aryl methyl sites for hydroxylation is 2. The number of rotatable bonds is 13. The minimum absolute atomic E-state index is 0.00987. The first-order valence-electron chi connectivity index (χ1n) is 15.4. The molecule has 13 heteroatoms. The van der Waals surface area contributed by atoms with Gasteiger partial charge in [-0.25, -0.2) is 0 Å². The van der Waals surface area contributed by atoms with E-state index in [9.17, 15) is 19.2 Å². The van der Waals surface area contributed by atoms with Crippen molar-refractivity contribution in [2.24, 2.45) is 4.99 Å². The smallest absolute Gasteiger partial charge is 0.249 e. The Labute approximate surface area is 271 Å². The largest absolute Gasteiger partial charge is 0.356 e. The number of hydrogen-bond acceptors (Lipinski definition) is 8. The van der Waals surface area contributed by atoms with Gasteiger partial charge in [0.2, 0.25) is 23.6 Å². The van der Waals surface area contributed by atoms with Crippen molar-refractivity contribution in [3.05, 3.63) is 62.5 Å². The molecular weight excluding hydrogens is 614 g/mol. The highest BCUT2D eigenvalue weighted by Crippen LogP contribution is 2.39. The topological polar surface area (TPSA) is 147 Å². The number of unbranched alkanes of at least 4 members (excludes halogenated alkanes) is 5. The maximum atomic E-state index is 13.1. The summed E-state index contributed by atoms with van der Waals surface area (Å²) < 4.78 is 2.04. The number of aromatic nitrogens is 3. The van der Waals surface area contributed by atoms with Crippen molar-refractivity contribution in [1.82, 2.24) is 30.7 Å². The number of hydrogen-bond donors (Lipinski definition) is 3. The second kappa shape index (κ2) is 14.5. The molecule has 0 unspecified atom stereocenters. The van der Waals surface area contributed by atoms with Gasteiger partial charge in [0.15, 0.2) is 5.82 Å². The van der Waals surface area contributed by atoms with Crippen LogP contribution in [0.4, 0.5) is 0 Å². The van der Waals surface area contributed by atoms with Gasteiger partial charge in [0.05, 0.1) is 18.6 Å². The zero-order valence-corrected chi connectivity index (χ0v) is 27.3. The maximum absolute atomic E-state index is 13.1. The fourth-order valence-corrected chi connectivity index (χ4v) is 7.00. The number of amides is 4. The highest BCUT2D eigenvalue weighted by molar-refractivity contribution is 7.15. The number of benzene rings is 1. The number of nitrogens with one attached hydrogen (secondary N) is 3. The van der Waals surface area contributed by atoms with Crippen LogP contribution in [0.25, 0.3) is 5.00 Å². The molecule has 1 saturated heterocycles. The predicted molar refractivity (Wildman–Crippen MR) is 173 cm³/mol. The number of thiophene rings is 1. The molecule has 2 atom stereocenters. The molecule has 1 aromatic carbocycles. The quantitative estimate of drug-likeness (QED) is 0.182. The number of carbonyl (C=O) groups is 4. The second-order valence-electron chi connectivity index (χ2n) is 11.6. The third-order valence-electron chi connectivity index (χ3n) is 8.19. The van der Waals surface area contributed by atoms with Gasteiger partial charge in [0.25, 0.3) is 0 Å². The van der Waals surface area contributed by atoms with E-state index in [1.54, 1.807) is 11.3 Å². The molecule has 11 nitrogen and oxygen atoms in total. The molecule has 3 aromatic rings. The highest BCUT2D eigenvalue weighted by Gasteiger charge is 2.33. The summed E-state index contributed by atoms with van der Waals surface area (Å²) in [6.07, 6.45) is 5.91. The van der Waals surface area contributed by atoms with Crippen LogP contribution in [0.5, 0.6) is 0 Å². The van der Waals surface area contributed by atoms with Crippen LogP contribution in [-0.2, 0) is 19.2 Å². The first kappa shape index (κ1) is 32.5. The van der Waals surface area contributed by atoms with E-state index in [1.807, 2.05) is 35.8 Å². The molecule has 2 aliphatic heterocycles. The van der Waals surface area contributed by atoms with Gasteiger partial charge >= 0.3 is 0 Å². The molecule has 0 spiro atoms. The van der Waals surface area contributed by atoms with Gasteiger partial charge in [-0.1, -0.05) is 49.4 Å². The Morgan fingerprint density at radius 2 is 1.71 bits per heavy atom. The monoisotopic (exact) mass is 651 g/mol. The van der Waals surface area contributed by atoms with E-state index in [4.69, 9.17) is 16.6 Å². The van der Waals surface area contributed by atoms with Crippen LogP contribution in [-0.4, -0.2) is 56.7 Å². The number of nitrogens with zero attached hydrogens (tertiary/aromatic N) is 4. The van der Waals surface area contributed by atoms with Crippen LogP contribution in [0.2, 0.25) is 5.02 Å². The SMILES string of the molecule is Cc1sc2c(c1C)C(c1ccc(Cl)cc1)=N[C@@H](CC(=O)NCCCCCCCCC(=O)N[C@H]1CC(=O)NC1=O)c1nnc(C)n1-2. The molecule has 1 fully saturated rings. The van der Waals surface area contributed by atoms with Gasteiger partial charge in [0.1, 0.15) is 22.9 Å². The fraction of sp³-hybridized carbons (Fsp3) is 0.469. The Kier molecular flexibility index (Phi) is 10.4. The summed E-state index contributed by atoms with van der Waals surface area (Å²) >= 11 is 7.87. The summed E-state index contributed by atoms with van der Waals surface area (Å²) in [6, 6.07) is 6.38. The van der Waals surface area contributed by atoms with Crippen molar-refractivity contribution in [2.75, 3.05) is 6.54 Å². The Balaban J connectivity index is 1.11. The summed E-state index contributed by atoms with van der Waals surface area (Å²) in [5.74, 6) is 0.315. The van der Waals surface area contributed by atoms with Gasteiger partial charge in [-0.2, -0.15) is 0 Å². The number of carbonyl (C=O) groups excluding carboxylic acids is 4. The lowest BCUT2D eigenvalue weighted by atomic mass is 9.99. The summed E-state index contributed by atoms with van der Waals surface area (Å²) in [5, 5.41) is 18.3. The lowest BCUT2D eigenvalue weighted by Gasteiger charge is -2.13. The van der Waals surface area contributed by atoms with Crippen LogP contribution in [0, 0.1) is 20.8 Å². The van der Waals surface area contributed by atoms with Crippen molar-refractivity contribution in [1.29, 1.82) is 0 Å². The van der Waals surface area contributed by atoms with Gasteiger partial charge < -0.3 is 10.6 Å². The number of fused-ring (bicyclic) bond motifs is 3. The minimum atomic E-state index is -0.746. The number of imide groups is 1. The Morgan fingerprint density at radius 1 is 1.00 bits per heavy atom. The highest BCUT2D eigenvalue weighted by atomic mass is 35.5. The number of aliphatic imine (C=N–C) groups is 1. The van der Waals surface area contributed by atoms with Crippen molar-refractivity contribution in [2.45, 2.75) is 90.6 Å². The molecular formula is C32H38ClN7O4S. The molecule has 238 valence electrons. The third kappa shape index (κ3) is 7.67. The van der Waals surface area contributed by atoms with E-state index in [2.05, 4.69) is 40.0 Å². The normalized spacial score (nSPS) is 17.3. The van der Waals surface area contributed by atoms with Crippen molar-refractivity contribution in [3.8, 4) is 5.00 Å². The Morgan fingerprint density at radius 3 is 2.42 bits per heavy atom. The van der Waals surface area contributed by atoms with Gasteiger partial charge in [-0.3, -0.25) is 34.1 Å². The average molecular weight is 652 g/mol. The minimum Gasteiger partial charge on any atom is -0.356 e. The molecule has 0 saturated carbocycles. The van der Waals surface area contributed by atoms with Crippen molar-refractivity contribution in [3.63, 3.8) is 0 Å². The predicted octanol–water partition coefficient (Wildman–Crippen LogP) is 4.57. The standard InChI is InChI=1S/C32H38ClN7O4S/c1-18-19(2)45-32-28(18)29(21-11-13-22(33)14-12-21)36-23(30-39-38-20(3)40(30)32)16-26(42)34-15-9-7-5-4-6-8-10-25(41)35-24-17-27(43)37-31(24)44/h11-14,23-24H,4-10,15-17H2,1-3H3,(H,34,42)(H,35,41)(H,37,43,44)/t23-,24-/m0/s1. The Bertz CT molecular complexity index is 1630. The summed E-state index contributed by atoms with van der Waals surface area (Å²) in [4.78, 5) is 54.3. The van der Waals surface area contributed by atoms with Crippen molar-refractivity contribution < 1.29 is 19.2 Å². The summed E-state index contributed by atoms with van der Waals surface area (Å²) in [5.41, 5.74) is 3.93. The van der Waals surface area contributed by atoms with Crippen LogP contribution in [0.15, 0.2) is 29.3 Å². The lowest BCUT2D eigenvalue weighted by molar-refractivity contribution is -0.128. The fourth-order valence-electron chi connectivity index (χ4n) is 5.66. The first-order chi connectivity index (χ1) is 21.6. The Hall–Kier alpha value is -3.90. The molecule has 4 heterocycles. The van der Waals surface area contributed by atoms with E-state index in [0.29, 0.717) is 23.8 Å². The van der Waals surface area contributed by atoms with Gasteiger partial charge in [-0.05, 0) is 51.3 Å². The van der Waals surface area contributed by atoms with E-state index in [1.165, 1.54) is 4.88 Å². The summed E-state index contributed by atoms with van der Waals surface area (Å²) in [6.45, 7) is 6.69. The van der Waals surface area contributed by atoms with E-state index in [0.717, 1.165) is 71.8 Å². The van der Waals surface area contributed by atoms with Gasteiger partial charge in [-0.15, -0.1) is 21.5 Å². The molecule has 2 aliphatic rings. The number of halogens is 1. The van der Waals surface area contributed by atoms with E-state index < -0.39 is 18.0 Å². The molecule has 5 rings (SSSR count). The zero-order chi connectivity index (χ0) is 32.1. The zero-order valence-electron chi connectivity index (χ0n) is 25.7.